The summed E-state index contributed by atoms with van der Waals surface area (Å²) < 4.78 is 0. The van der Waals surface area contributed by atoms with Crippen LogP contribution in [-0.4, -0.2) is 0 Å². The third kappa shape index (κ3) is 49.9. The zero-order valence-corrected chi connectivity index (χ0v) is 6.23. The summed E-state index contributed by atoms with van der Waals surface area (Å²) in [6.45, 7) is 8.07. The second kappa shape index (κ2) is 9.70. The highest BCUT2D eigenvalue weighted by Gasteiger charge is 1.80. The molecule has 8 heavy (non-hydrogen) atoms. The Morgan fingerprint density at radius 2 is 1.62 bits per heavy atom. The van der Waals surface area contributed by atoms with Crippen molar-refractivity contribution in [2.75, 3.05) is 0 Å². The third-order valence-corrected chi connectivity index (χ3v) is 0.816. The van der Waals surface area contributed by atoms with Crippen LogP contribution in [0.15, 0.2) is 0 Å². The number of nitrogens with zero attached hydrogens (tertiary/aromatic N) is 1. The molecule has 0 rings (SSSR count). The summed E-state index contributed by atoms with van der Waals surface area (Å²) in [7, 11) is 0. The molecule has 0 fully saturated rings. The summed E-state index contributed by atoms with van der Waals surface area (Å²) in [5, 5.41) is 7.32. The van der Waals surface area contributed by atoms with Crippen LogP contribution < -0.4 is 0 Å². The highest BCUT2D eigenvalue weighted by atomic mass is 14.2. The molecule has 0 saturated heterocycles. The van der Waals surface area contributed by atoms with Crippen molar-refractivity contribution in [2.24, 2.45) is 5.92 Å². The van der Waals surface area contributed by atoms with E-state index in [1.165, 1.54) is 13.3 Å². The van der Waals surface area contributed by atoms with Gasteiger partial charge in [0.25, 0.3) is 0 Å². The van der Waals surface area contributed by atoms with E-state index in [-0.39, 0.29) is 0 Å². The van der Waals surface area contributed by atoms with E-state index >= 15 is 0 Å². The van der Waals surface area contributed by atoms with E-state index in [1.807, 2.05) is 0 Å². The minimum absolute atomic E-state index is 0.884. The average Bonchev–Trinajstić information content (AvgIpc) is 1.69. The number of hydrogen-bond donors (Lipinski definition) is 0. The molecule has 0 radical (unpaired) electrons. The lowest BCUT2D eigenvalue weighted by Gasteiger charge is -1.90. The fraction of sp³-hybridized carbons (Fsp3) is 0.857. The quantitative estimate of drug-likeness (QED) is 0.512. The van der Waals surface area contributed by atoms with Gasteiger partial charge in [0.15, 0.2) is 0 Å². The lowest BCUT2D eigenvalue weighted by atomic mass is 10.2. The minimum Gasteiger partial charge on any atom is -0.199 e. The Morgan fingerprint density at radius 3 is 1.62 bits per heavy atom. The molecule has 0 aliphatic heterocycles. The zero-order valence-electron chi connectivity index (χ0n) is 6.23. The molecule has 48 valence electrons. The van der Waals surface area contributed by atoms with Crippen molar-refractivity contribution >= 4 is 0 Å². The maximum Gasteiger partial charge on any atom is 0.0587 e. The summed E-state index contributed by atoms with van der Waals surface area (Å²) in [6, 6.07) is 1.75. The van der Waals surface area contributed by atoms with Crippen molar-refractivity contribution in [3.8, 4) is 6.07 Å². The largest absolute Gasteiger partial charge is 0.199 e. The Bertz CT molecular complexity index is 59.3. The Labute approximate surface area is 52.3 Å². The molecule has 0 aromatic heterocycles. The standard InChI is InChI=1S/C5H12.C2H3N/c1-4-5(2)3;1-2-3/h5H,4H2,1-3H3;1H3. The first kappa shape index (κ1) is 10.5. The predicted octanol–water partition coefficient (Wildman–Crippen LogP) is 2.58. The molecule has 0 aromatic rings. The molecule has 0 atom stereocenters. The zero-order chi connectivity index (χ0) is 6.99. The summed E-state index contributed by atoms with van der Waals surface area (Å²) in [5.74, 6) is 0.884. The van der Waals surface area contributed by atoms with Gasteiger partial charge in [-0.2, -0.15) is 5.26 Å². The fourth-order valence-electron chi connectivity index (χ4n) is 0. The van der Waals surface area contributed by atoms with Gasteiger partial charge in [0.1, 0.15) is 0 Å². The molecule has 0 aliphatic carbocycles. The van der Waals surface area contributed by atoms with Crippen molar-refractivity contribution in [3.63, 3.8) is 0 Å². The number of nitriles is 1. The van der Waals surface area contributed by atoms with Gasteiger partial charge < -0.3 is 0 Å². The van der Waals surface area contributed by atoms with Gasteiger partial charge in [0.2, 0.25) is 0 Å². The van der Waals surface area contributed by atoms with Crippen LogP contribution in [-0.2, 0) is 0 Å². The van der Waals surface area contributed by atoms with E-state index in [0.717, 1.165) is 5.92 Å². The SMILES string of the molecule is CC#N.CCC(C)C. The van der Waals surface area contributed by atoms with Crippen LogP contribution in [0, 0.1) is 17.2 Å². The summed E-state index contributed by atoms with van der Waals surface area (Å²) in [6.07, 6.45) is 1.31. The van der Waals surface area contributed by atoms with Gasteiger partial charge >= 0.3 is 0 Å². The van der Waals surface area contributed by atoms with E-state index in [0.29, 0.717) is 0 Å². The van der Waals surface area contributed by atoms with Crippen LogP contribution in [0.1, 0.15) is 34.1 Å². The second-order valence-electron chi connectivity index (χ2n) is 2.03. The van der Waals surface area contributed by atoms with E-state index in [4.69, 9.17) is 5.26 Å². The summed E-state index contributed by atoms with van der Waals surface area (Å²) in [4.78, 5) is 0. The molecular weight excluding hydrogens is 98.1 g/mol. The van der Waals surface area contributed by atoms with Crippen LogP contribution in [0.4, 0.5) is 0 Å². The molecule has 0 heterocycles. The molecule has 0 amide bonds. The molecule has 0 bridgehead atoms. The van der Waals surface area contributed by atoms with Crippen LogP contribution in [0.3, 0.4) is 0 Å². The minimum atomic E-state index is 0.884. The monoisotopic (exact) mass is 113 g/mol. The van der Waals surface area contributed by atoms with E-state index in [1.54, 1.807) is 6.07 Å². The highest BCUT2D eigenvalue weighted by Crippen LogP contribution is 1.93. The van der Waals surface area contributed by atoms with Crippen molar-refractivity contribution in [2.45, 2.75) is 34.1 Å². The van der Waals surface area contributed by atoms with Crippen molar-refractivity contribution < 1.29 is 0 Å². The summed E-state index contributed by atoms with van der Waals surface area (Å²) >= 11 is 0. The van der Waals surface area contributed by atoms with Gasteiger partial charge in [-0.15, -0.1) is 0 Å². The van der Waals surface area contributed by atoms with Crippen molar-refractivity contribution in [1.82, 2.24) is 0 Å². The molecule has 1 nitrogen and oxygen atoms in total. The van der Waals surface area contributed by atoms with Crippen molar-refractivity contribution in [3.05, 3.63) is 0 Å². The Balaban J connectivity index is 0. The maximum atomic E-state index is 7.32. The molecule has 0 N–H and O–H groups in total. The molecule has 0 unspecified atom stereocenters. The first-order chi connectivity index (χ1) is 3.68. The lowest BCUT2D eigenvalue weighted by molar-refractivity contribution is 0.626. The Kier molecular flexibility index (Phi) is 12.7. The van der Waals surface area contributed by atoms with Gasteiger partial charge in [-0.3, -0.25) is 0 Å². The normalized spacial score (nSPS) is 7.00. The van der Waals surface area contributed by atoms with Gasteiger partial charge in [-0.25, -0.2) is 0 Å². The smallest absolute Gasteiger partial charge is 0.0587 e. The van der Waals surface area contributed by atoms with E-state index in [2.05, 4.69) is 20.8 Å². The molecule has 0 saturated carbocycles. The van der Waals surface area contributed by atoms with Gasteiger partial charge in [-0.05, 0) is 5.92 Å². The molecule has 0 aromatic carbocycles. The Hall–Kier alpha value is -0.510. The molecule has 1 heteroatoms. The molecule has 0 aliphatic rings. The van der Waals surface area contributed by atoms with Gasteiger partial charge in [-0.1, -0.05) is 27.2 Å². The average molecular weight is 113 g/mol. The number of rotatable bonds is 1. The first-order valence-corrected chi connectivity index (χ1v) is 2.99. The molecular formula is C7H15N. The predicted molar refractivity (Wildman–Crippen MR) is 36.4 cm³/mol. The fourth-order valence-corrected chi connectivity index (χ4v) is 0. The van der Waals surface area contributed by atoms with Gasteiger partial charge in [0, 0.05) is 6.92 Å². The highest BCUT2D eigenvalue weighted by molar-refractivity contribution is 4.51. The van der Waals surface area contributed by atoms with Crippen LogP contribution in [0.2, 0.25) is 0 Å². The topological polar surface area (TPSA) is 23.8 Å². The lowest BCUT2D eigenvalue weighted by Crippen LogP contribution is -1.77. The van der Waals surface area contributed by atoms with E-state index < -0.39 is 0 Å². The van der Waals surface area contributed by atoms with Gasteiger partial charge in [0.05, 0.1) is 6.07 Å². The van der Waals surface area contributed by atoms with Crippen LogP contribution >= 0.6 is 0 Å². The first-order valence-electron chi connectivity index (χ1n) is 2.99. The Morgan fingerprint density at radius 1 is 1.50 bits per heavy atom. The maximum absolute atomic E-state index is 7.32. The molecule has 0 spiro atoms. The van der Waals surface area contributed by atoms with Crippen LogP contribution in [0.5, 0.6) is 0 Å². The number of hydrogen-bond acceptors (Lipinski definition) is 1. The second-order valence-corrected chi connectivity index (χ2v) is 2.03. The summed E-state index contributed by atoms with van der Waals surface area (Å²) in [5.41, 5.74) is 0. The van der Waals surface area contributed by atoms with Crippen LogP contribution in [0.25, 0.3) is 0 Å². The van der Waals surface area contributed by atoms with E-state index in [9.17, 15) is 0 Å². The van der Waals surface area contributed by atoms with Crippen molar-refractivity contribution in [1.29, 1.82) is 5.26 Å². The third-order valence-electron chi connectivity index (χ3n) is 0.816.